The van der Waals surface area contributed by atoms with Gasteiger partial charge in [0.25, 0.3) is 0 Å². The summed E-state index contributed by atoms with van der Waals surface area (Å²) >= 11 is 0. The van der Waals surface area contributed by atoms with Crippen LogP contribution in [0.15, 0.2) is 0 Å². The second kappa shape index (κ2) is 3.80. The van der Waals surface area contributed by atoms with E-state index in [2.05, 4.69) is 25.7 Å². The third kappa shape index (κ3) is 2.19. The maximum atomic E-state index is 11.9. The van der Waals surface area contributed by atoms with Gasteiger partial charge in [-0.2, -0.15) is 0 Å². The SMILES string of the molecule is CC(C)(C)C1CCC(=O)N2CCC[C@H]2C1. The summed E-state index contributed by atoms with van der Waals surface area (Å²) in [4.78, 5) is 14.0. The van der Waals surface area contributed by atoms with Gasteiger partial charge in [-0.15, -0.1) is 0 Å². The highest BCUT2D eigenvalue weighted by Gasteiger charge is 2.37. The molecule has 0 aromatic carbocycles. The highest BCUT2D eigenvalue weighted by atomic mass is 16.2. The monoisotopic (exact) mass is 209 g/mol. The van der Waals surface area contributed by atoms with Gasteiger partial charge in [0, 0.05) is 19.0 Å². The van der Waals surface area contributed by atoms with Crippen molar-refractivity contribution in [2.24, 2.45) is 11.3 Å². The maximum Gasteiger partial charge on any atom is 0.222 e. The second-order valence-electron chi connectivity index (χ2n) is 6.22. The summed E-state index contributed by atoms with van der Waals surface area (Å²) in [5.41, 5.74) is 0.360. The molecular weight excluding hydrogens is 186 g/mol. The quantitative estimate of drug-likeness (QED) is 0.601. The predicted molar refractivity (Wildman–Crippen MR) is 61.5 cm³/mol. The molecule has 1 amide bonds. The van der Waals surface area contributed by atoms with E-state index in [0.717, 1.165) is 25.3 Å². The largest absolute Gasteiger partial charge is 0.340 e. The smallest absolute Gasteiger partial charge is 0.222 e. The van der Waals surface area contributed by atoms with Crippen molar-refractivity contribution in [3.05, 3.63) is 0 Å². The Morgan fingerprint density at radius 2 is 2.00 bits per heavy atom. The summed E-state index contributed by atoms with van der Waals surface area (Å²) in [7, 11) is 0. The Balaban J connectivity index is 2.11. The summed E-state index contributed by atoms with van der Waals surface area (Å²) in [6.45, 7) is 7.95. The van der Waals surface area contributed by atoms with Crippen LogP contribution in [-0.2, 0) is 4.79 Å². The first-order valence-electron chi connectivity index (χ1n) is 6.28. The van der Waals surface area contributed by atoms with Crippen LogP contribution in [0, 0.1) is 11.3 Å². The Labute approximate surface area is 93.0 Å². The second-order valence-corrected chi connectivity index (χ2v) is 6.22. The summed E-state index contributed by atoms with van der Waals surface area (Å²) < 4.78 is 0. The predicted octanol–water partition coefficient (Wildman–Crippen LogP) is 2.82. The number of amides is 1. The number of hydrogen-bond donors (Lipinski definition) is 0. The van der Waals surface area contributed by atoms with Gasteiger partial charge in [0.15, 0.2) is 0 Å². The molecule has 2 aliphatic rings. The minimum atomic E-state index is 0.360. The first-order chi connectivity index (χ1) is 6.98. The van der Waals surface area contributed by atoms with Crippen LogP contribution in [0.25, 0.3) is 0 Å². The van der Waals surface area contributed by atoms with Gasteiger partial charge in [0.05, 0.1) is 0 Å². The highest BCUT2D eigenvalue weighted by molar-refractivity contribution is 5.77. The molecule has 0 aliphatic carbocycles. The van der Waals surface area contributed by atoms with Crippen molar-refractivity contribution in [2.75, 3.05) is 6.54 Å². The molecule has 86 valence electrons. The molecule has 2 fully saturated rings. The van der Waals surface area contributed by atoms with Gasteiger partial charge in [0.1, 0.15) is 0 Å². The van der Waals surface area contributed by atoms with Gasteiger partial charge in [-0.1, -0.05) is 20.8 Å². The normalized spacial score (nSPS) is 32.7. The van der Waals surface area contributed by atoms with E-state index < -0.39 is 0 Å². The molecule has 2 aliphatic heterocycles. The Morgan fingerprint density at radius 3 is 2.67 bits per heavy atom. The standard InChI is InChI=1S/C13H23NO/c1-13(2,3)10-6-7-12(15)14-8-4-5-11(14)9-10/h10-11H,4-9H2,1-3H3/t10?,11-/m0/s1. The number of carbonyl (C=O) groups excluding carboxylic acids is 1. The van der Waals surface area contributed by atoms with E-state index in [1.54, 1.807) is 0 Å². The maximum absolute atomic E-state index is 11.9. The number of rotatable bonds is 0. The van der Waals surface area contributed by atoms with Crippen LogP contribution in [0.4, 0.5) is 0 Å². The minimum Gasteiger partial charge on any atom is -0.340 e. The number of nitrogens with zero attached hydrogens (tertiary/aromatic N) is 1. The first-order valence-corrected chi connectivity index (χ1v) is 6.28. The zero-order chi connectivity index (χ0) is 11.1. The van der Waals surface area contributed by atoms with Crippen molar-refractivity contribution in [1.29, 1.82) is 0 Å². The van der Waals surface area contributed by atoms with E-state index in [9.17, 15) is 4.79 Å². The molecule has 0 bridgehead atoms. The van der Waals surface area contributed by atoms with Gasteiger partial charge < -0.3 is 4.90 Å². The van der Waals surface area contributed by atoms with Gasteiger partial charge in [-0.3, -0.25) is 4.79 Å². The summed E-state index contributed by atoms with van der Waals surface area (Å²) in [5, 5.41) is 0. The van der Waals surface area contributed by atoms with Crippen LogP contribution < -0.4 is 0 Å². The molecule has 2 nitrogen and oxygen atoms in total. The van der Waals surface area contributed by atoms with Crippen LogP contribution in [0.5, 0.6) is 0 Å². The third-order valence-electron chi connectivity index (χ3n) is 4.19. The van der Waals surface area contributed by atoms with Gasteiger partial charge in [-0.05, 0) is 37.0 Å². The lowest BCUT2D eigenvalue weighted by Gasteiger charge is -2.32. The molecule has 15 heavy (non-hydrogen) atoms. The van der Waals surface area contributed by atoms with E-state index in [0.29, 0.717) is 17.4 Å². The molecule has 2 heteroatoms. The zero-order valence-electron chi connectivity index (χ0n) is 10.3. The third-order valence-corrected chi connectivity index (χ3v) is 4.19. The lowest BCUT2D eigenvalue weighted by atomic mass is 9.75. The first kappa shape index (κ1) is 11.0. The molecular formula is C13H23NO. The number of carbonyl (C=O) groups is 1. The van der Waals surface area contributed by atoms with E-state index >= 15 is 0 Å². The topological polar surface area (TPSA) is 20.3 Å². The van der Waals surface area contributed by atoms with Crippen molar-refractivity contribution < 1.29 is 4.79 Å². The van der Waals surface area contributed by atoms with Gasteiger partial charge >= 0.3 is 0 Å². The number of hydrogen-bond acceptors (Lipinski definition) is 1. The fourth-order valence-corrected chi connectivity index (χ4v) is 3.08. The zero-order valence-corrected chi connectivity index (χ0v) is 10.3. The van der Waals surface area contributed by atoms with Gasteiger partial charge in [0.2, 0.25) is 5.91 Å². The van der Waals surface area contributed by atoms with Crippen LogP contribution >= 0.6 is 0 Å². The van der Waals surface area contributed by atoms with Crippen LogP contribution in [0.1, 0.15) is 52.9 Å². The molecule has 2 saturated heterocycles. The van der Waals surface area contributed by atoms with E-state index in [1.165, 1.54) is 19.3 Å². The minimum absolute atomic E-state index is 0.360. The van der Waals surface area contributed by atoms with E-state index in [1.807, 2.05) is 0 Å². The van der Waals surface area contributed by atoms with Crippen LogP contribution in [-0.4, -0.2) is 23.4 Å². The van der Waals surface area contributed by atoms with Crippen LogP contribution in [0.3, 0.4) is 0 Å². The van der Waals surface area contributed by atoms with Crippen molar-refractivity contribution in [1.82, 2.24) is 4.90 Å². The van der Waals surface area contributed by atoms with E-state index in [4.69, 9.17) is 0 Å². The molecule has 2 rings (SSSR count). The average molecular weight is 209 g/mol. The van der Waals surface area contributed by atoms with Crippen molar-refractivity contribution in [3.63, 3.8) is 0 Å². The van der Waals surface area contributed by atoms with Crippen molar-refractivity contribution in [2.45, 2.75) is 58.9 Å². The molecule has 2 atom stereocenters. The molecule has 0 aromatic heterocycles. The number of fused-ring (bicyclic) bond motifs is 1. The molecule has 0 radical (unpaired) electrons. The fourth-order valence-electron chi connectivity index (χ4n) is 3.08. The Morgan fingerprint density at radius 1 is 1.27 bits per heavy atom. The van der Waals surface area contributed by atoms with E-state index in [-0.39, 0.29) is 0 Å². The fraction of sp³-hybridized carbons (Fsp3) is 0.923. The molecule has 0 spiro atoms. The van der Waals surface area contributed by atoms with Crippen molar-refractivity contribution in [3.8, 4) is 0 Å². The van der Waals surface area contributed by atoms with Gasteiger partial charge in [-0.25, -0.2) is 0 Å². The Bertz CT molecular complexity index is 254. The molecule has 0 aromatic rings. The average Bonchev–Trinajstić information content (AvgIpc) is 2.52. The lowest BCUT2D eigenvalue weighted by Crippen LogP contribution is -2.34. The summed E-state index contributed by atoms with van der Waals surface area (Å²) in [5.74, 6) is 1.12. The highest BCUT2D eigenvalue weighted by Crippen LogP contribution is 2.39. The van der Waals surface area contributed by atoms with Crippen molar-refractivity contribution >= 4 is 5.91 Å². The molecule has 2 heterocycles. The molecule has 0 N–H and O–H groups in total. The Kier molecular flexibility index (Phi) is 2.78. The summed E-state index contributed by atoms with van der Waals surface area (Å²) in [6, 6.07) is 0.559. The lowest BCUT2D eigenvalue weighted by molar-refractivity contribution is -0.131. The Hall–Kier alpha value is -0.530. The molecule has 1 unspecified atom stereocenters. The van der Waals surface area contributed by atoms with Crippen LogP contribution in [0.2, 0.25) is 0 Å². The molecule has 0 saturated carbocycles. The summed E-state index contributed by atoms with van der Waals surface area (Å²) in [6.07, 6.45) is 5.55.